The van der Waals surface area contributed by atoms with E-state index in [9.17, 15) is 9.59 Å². The summed E-state index contributed by atoms with van der Waals surface area (Å²) in [7, 11) is 3.97. The number of pyridine rings is 1. The van der Waals surface area contributed by atoms with Crippen molar-refractivity contribution in [1.29, 1.82) is 0 Å². The van der Waals surface area contributed by atoms with Crippen LogP contribution in [-0.4, -0.2) is 78.7 Å². The molecular formula is C44H51N5O4. The zero-order chi connectivity index (χ0) is 37.0. The molecule has 9 heteroatoms. The predicted molar refractivity (Wildman–Crippen MR) is 210 cm³/mol. The molecule has 1 saturated heterocycles. The molecule has 1 N–H and O–H groups in total. The van der Waals surface area contributed by atoms with Gasteiger partial charge in [0.15, 0.2) is 6.29 Å². The molecule has 9 nitrogen and oxygen atoms in total. The maximum Gasteiger partial charge on any atom is 0.153 e. The Labute approximate surface area is 312 Å². The topological polar surface area (TPSA) is 91.0 Å². The first-order valence-electron chi connectivity index (χ1n) is 18.8. The van der Waals surface area contributed by atoms with Gasteiger partial charge < -0.3 is 24.2 Å². The van der Waals surface area contributed by atoms with E-state index in [2.05, 4.69) is 82.0 Å². The van der Waals surface area contributed by atoms with Crippen LogP contribution in [0.5, 0.6) is 17.2 Å². The average Bonchev–Trinajstić information content (AvgIpc) is 3.64. The Morgan fingerprint density at radius 2 is 1.72 bits per heavy atom. The van der Waals surface area contributed by atoms with Gasteiger partial charge in [0.05, 0.1) is 25.4 Å². The average molecular weight is 714 g/mol. The molecule has 2 aliphatic rings. The van der Waals surface area contributed by atoms with Crippen molar-refractivity contribution in [2.45, 2.75) is 64.1 Å². The van der Waals surface area contributed by atoms with Crippen molar-refractivity contribution in [1.82, 2.24) is 19.8 Å². The Kier molecular flexibility index (Phi) is 10.9. The van der Waals surface area contributed by atoms with Crippen LogP contribution in [-0.2, 0) is 11.3 Å². The normalized spacial score (nSPS) is 16.3. The number of likely N-dealkylation sites (N-methyl/N-ethyl adjacent to an activating group) is 1. The summed E-state index contributed by atoms with van der Waals surface area (Å²) < 4.78 is 11.6. The van der Waals surface area contributed by atoms with Crippen LogP contribution in [0, 0.1) is 5.41 Å². The molecule has 1 saturated carbocycles. The number of benzene rings is 3. The second kappa shape index (κ2) is 15.9. The van der Waals surface area contributed by atoms with Crippen LogP contribution in [0.15, 0.2) is 91.3 Å². The van der Waals surface area contributed by atoms with Gasteiger partial charge in [0, 0.05) is 61.6 Å². The zero-order valence-corrected chi connectivity index (χ0v) is 31.3. The van der Waals surface area contributed by atoms with Crippen molar-refractivity contribution in [2.75, 3.05) is 45.2 Å². The molecule has 7 rings (SSSR count). The number of methoxy groups -OCH3 is 1. The number of fused-ring (bicyclic) bond motifs is 1. The first-order chi connectivity index (χ1) is 25.8. The van der Waals surface area contributed by atoms with Crippen LogP contribution < -0.4 is 14.4 Å². The molecule has 0 radical (unpaired) electrons. The number of nitrogens with one attached hydrogen (secondary N) is 1. The third kappa shape index (κ3) is 8.01. The summed E-state index contributed by atoms with van der Waals surface area (Å²) in [5, 5.41) is 0.958. The van der Waals surface area contributed by atoms with Gasteiger partial charge in [0.2, 0.25) is 0 Å². The lowest BCUT2D eigenvalue weighted by atomic mass is 9.59. The molecule has 3 aromatic carbocycles. The van der Waals surface area contributed by atoms with E-state index in [-0.39, 0.29) is 6.04 Å². The lowest BCUT2D eigenvalue weighted by molar-refractivity contribution is -0.109. The third-order valence-corrected chi connectivity index (χ3v) is 11.6. The SMILES string of the molecule is COc1ccc(CN(CC=O)CC(c2ccccc2C(C)C)N(C)C2CC3(CCN(c4ccc(C=O)c(Oc5cnc6[nH]ccc6c5)c4)CC3)C2)cc1. The molecular weight excluding hydrogens is 663 g/mol. The van der Waals surface area contributed by atoms with Crippen molar-refractivity contribution < 1.29 is 19.1 Å². The van der Waals surface area contributed by atoms with Crippen LogP contribution in [0.1, 0.15) is 78.5 Å². The summed E-state index contributed by atoms with van der Waals surface area (Å²) in [5.41, 5.74) is 6.60. The molecule has 1 unspecified atom stereocenters. The van der Waals surface area contributed by atoms with Crippen molar-refractivity contribution in [2.24, 2.45) is 5.41 Å². The van der Waals surface area contributed by atoms with Crippen molar-refractivity contribution in [3.63, 3.8) is 0 Å². The molecule has 2 aromatic heterocycles. The summed E-state index contributed by atoms with van der Waals surface area (Å²) >= 11 is 0. The van der Waals surface area contributed by atoms with Crippen molar-refractivity contribution >= 4 is 29.3 Å². The van der Waals surface area contributed by atoms with Gasteiger partial charge in [-0.3, -0.25) is 14.6 Å². The molecule has 2 fully saturated rings. The minimum atomic E-state index is 0.150. The second-order valence-electron chi connectivity index (χ2n) is 15.3. The van der Waals surface area contributed by atoms with Gasteiger partial charge in [-0.15, -0.1) is 0 Å². The fraction of sp³-hybridized carbons (Fsp3) is 0.386. The van der Waals surface area contributed by atoms with E-state index in [1.165, 1.54) is 11.1 Å². The van der Waals surface area contributed by atoms with E-state index in [1.54, 1.807) is 13.3 Å². The summed E-state index contributed by atoms with van der Waals surface area (Å²) in [4.78, 5) is 38.8. The molecule has 1 aliphatic heterocycles. The predicted octanol–water partition coefficient (Wildman–Crippen LogP) is 8.42. The molecule has 0 amide bonds. The molecule has 5 aromatic rings. The van der Waals surface area contributed by atoms with Gasteiger partial charge in [0.1, 0.15) is 29.2 Å². The Bertz CT molecular complexity index is 2010. The lowest BCUT2D eigenvalue weighted by Crippen LogP contribution is -2.55. The number of hydrogen-bond acceptors (Lipinski definition) is 8. The number of ether oxygens (including phenoxy) is 2. The number of carbonyl (C=O) groups is 2. The number of anilines is 1. The van der Waals surface area contributed by atoms with Crippen LogP contribution in [0.4, 0.5) is 5.69 Å². The van der Waals surface area contributed by atoms with Gasteiger partial charge in [-0.05, 0) is 97.2 Å². The fourth-order valence-corrected chi connectivity index (χ4v) is 8.47. The van der Waals surface area contributed by atoms with Crippen LogP contribution >= 0.6 is 0 Å². The van der Waals surface area contributed by atoms with E-state index in [0.717, 1.165) is 85.9 Å². The van der Waals surface area contributed by atoms with Crippen molar-refractivity contribution in [3.05, 3.63) is 114 Å². The summed E-state index contributed by atoms with van der Waals surface area (Å²) in [5.74, 6) is 2.37. The molecule has 276 valence electrons. The van der Waals surface area contributed by atoms with E-state index in [1.807, 2.05) is 48.7 Å². The number of carbonyl (C=O) groups excluding carboxylic acids is 2. The second-order valence-corrected chi connectivity index (χ2v) is 15.3. The molecule has 53 heavy (non-hydrogen) atoms. The Hall–Kier alpha value is -4.99. The van der Waals surface area contributed by atoms with Gasteiger partial charge in [0.25, 0.3) is 0 Å². The van der Waals surface area contributed by atoms with E-state index < -0.39 is 0 Å². The Morgan fingerprint density at radius 1 is 0.962 bits per heavy atom. The highest BCUT2D eigenvalue weighted by atomic mass is 16.5. The van der Waals surface area contributed by atoms with Crippen LogP contribution in [0.25, 0.3) is 11.0 Å². The van der Waals surface area contributed by atoms with Gasteiger partial charge in [-0.25, -0.2) is 4.98 Å². The van der Waals surface area contributed by atoms with E-state index in [4.69, 9.17) is 9.47 Å². The number of aldehydes is 2. The molecule has 1 aliphatic carbocycles. The number of aromatic nitrogens is 2. The summed E-state index contributed by atoms with van der Waals surface area (Å²) in [6.45, 7) is 8.29. The minimum absolute atomic E-state index is 0.150. The highest BCUT2D eigenvalue weighted by Crippen LogP contribution is 2.52. The fourth-order valence-electron chi connectivity index (χ4n) is 8.47. The number of H-pyrrole nitrogens is 1. The number of hydrogen-bond donors (Lipinski definition) is 1. The number of aromatic amines is 1. The summed E-state index contributed by atoms with van der Waals surface area (Å²) in [6.07, 6.45) is 9.99. The minimum Gasteiger partial charge on any atom is -0.497 e. The molecule has 0 bridgehead atoms. The first-order valence-corrected chi connectivity index (χ1v) is 18.8. The largest absolute Gasteiger partial charge is 0.497 e. The smallest absolute Gasteiger partial charge is 0.153 e. The lowest BCUT2D eigenvalue weighted by Gasteiger charge is -2.56. The van der Waals surface area contributed by atoms with Gasteiger partial charge in [-0.2, -0.15) is 0 Å². The van der Waals surface area contributed by atoms with Gasteiger partial charge in [-0.1, -0.05) is 50.2 Å². The molecule has 3 heterocycles. The highest BCUT2D eigenvalue weighted by Gasteiger charge is 2.48. The Morgan fingerprint density at radius 3 is 2.42 bits per heavy atom. The number of rotatable bonds is 15. The zero-order valence-electron chi connectivity index (χ0n) is 31.3. The Balaban J connectivity index is 1.03. The van der Waals surface area contributed by atoms with Crippen molar-refractivity contribution in [3.8, 4) is 17.2 Å². The van der Waals surface area contributed by atoms with E-state index >= 15 is 0 Å². The monoisotopic (exact) mass is 713 g/mol. The summed E-state index contributed by atoms with van der Waals surface area (Å²) in [6, 6.07) is 27.4. The number of nitrogens with zero attached hydrogens (tertiary/aromatic N) is 4. The van der Waals surface area contributed by atoms with Crippen LogP contribution in [0.2, 0.25) is 0 Å². The standard InChI is InChI=1S/C44H51N5O4/c1-31(2)39-7-5-6-8-40(39)41(29-48(21-22-50)28-32-9-13-37(52-4)14-10-32)47(3)36-25-44(26-36)16-19-49(20-17-44)35-12-11-34(30-51)42(24-35)53-38-23-33-15-18-45-43(33)46-27-38/h5-15,18,22-24,27,30-31,36,41H,16-17,19-21,25-26,28-29H2,1-4H3,(H,45,46). The quantitative estimate of drug-likeness (QED) is 0.108. The highest BCUT2D eigenvalue weighted by molar-refractivity contribution is 5.81. The molecule has 1 atom stereocenters. The van der Waals surface area contributed by atoms with E-state index in [0.29, 0.717) is 47.5 Å². The van der Waals surface area contributed by atoms with Crippen LogP contribution in [0.3, 0.4) is 0 Å². The first kappa shape index (κ1) is 36.4. The maximum absolute atomic E-state index is 12.0. The van der Waals surface area contributed by atoms with Gasteiger partial charge >= 0.3 is 0 Å². The number of piperidine rings is 1. The third-order valence-electron chi connectivity index (χ3n) is 11.6. The molecule has 1 spiro atoms. The maximum atomic E-state index is 12.0.